The van der Waals surface area contributed by atoms with Gasteiger partial charge < -0.3 is 14.5 Å². The number of benzene rings is 1. The van der Waals surface area contributed by atoms with Crippen molar-refractivity contribution in [3.63, 3.8) is 0 Å². The van der Waals surface area contributed by atoms with Gasteiger partial charge in [-0.1, -0.05) is 32.0 Å². The van der Waals surface area contributed by atoms with E-state index in [1.54, 1.807) is 33.3 Å². The molecule has 0 saturated carbocycles. The molecule has 28 heavy (non-hydrogen) atoms. The fraction of sp³-hybridized carbons (Fsp3) is 0.429. The molecule has 0 spiro atoms. The van der Waals surface area contributed by atoms with E-state index in [2.05, 4.69) is 0 Å². The summed E-state index contributed by atoms with van der Waals surface area (Å²) >= 11 is 1.57. The Kier molecular flexibility index (Phi) is 8.60. The van der Waals surface area contributed by atoms with Crippen LogP contribution >= 0.6 is 11.3 Å². The molecule has 2 amide bonds. The fourth-order valence-corrected chi connectivity index (χ4v) is 3.53. The highest BCUT2D eigenvalue weighted by atomic mass is 32.1. The van der Waals surface area contributed by atoms with Gasteiger partial charge in [0.2, 0.25) is 11.8 Å². The van der Waals surface area contributed by atoms with Crippen molar-refractivity contribution >= 4 is 23.2 Å². The summed E-state index contributed by atoms with van der Waals surface area (Å²) in [4.78, 5) is 29.7. The molecule has 0 N–H and O–H groups in total. The molecular weight excluding hydrogens is 379 g/mol. The minimum atomic E-state index is -0.312. The van der Waals surface area contributed by atoms with E-state index in [-0.39, 0.29) is 36.7 Å². The summed E-state index contributed by atoms with van der Waals surface area (Å²) < 4.78 is 18.2. The van der Waals surface area contributed by atoms with Gasteiger partial charge in [-0.2, -0.15) is 0 Å². The van der Waals surface area contributed by atoms with Crippen LogP contribution in [0.4, 0.5) is 4.39 Å². The zero-order valence-corrected chi connectivity index (χ0v) is 17.4. The molecule has 0 aliphatic carbocycles. The number of rotatable bonds is 10. The highest BCUT2D eigenvalue weighted by Gasteiger charge is 2.22. The largest absolute Gasteiger partial charge is 0.375 e. The van der Waals surface area contributed by atoms with Crippen molar-refractivity contribution in [1.29, 1.82) is 0 Å². The Balaban J connectivity index is 2.15. The highest BCUT2D eigenvalue weighted by Crippen LogP contribution is 2.16. The average Bonchev–Trinajstić information content (AvgIpc) is 3.15. The van der Waals surface area contributed by atoms with Crippen molar-refractivity contribution in [3.8, 4) is 0 Å². The quantitative estimate of drug-likeness (QED) is 0.606. The summed E-state index contributed by atoms with van der Waals surface area (Å²) in [6.07, 6.45) is 0. The van der Waals surface area contributed by atoms with Crippen LogP contribution in [0.2, 0.25) is 0 Å². The van der Waals surface area contributed by atoms with E-state index >= 15 is 0 Å². The van der Waals surface area contributed by atoms with Gasteiger partial charge >= 0.3 is 0 Å². The maximum atomic E-state index is 13.2. The molecule has 0 aliphatic rings. The molecular formula is C21H27FN2O3S. The first kappa shape index (κ1) is 22.0. The summed E-state index contributed by atoms with van der Waals surface area (Å²) in [5.41, 5.74) is 0.838. The van der Waals surface area contributed by atoms with E-state index in [0.717, 1.165) is 10.4 Å². The van der Waals surface area contributed by atoms with Gasteiger partial charge in [0.15, 0.2) is 0 Å². The lowest BCUT2D eigenvalue weighted by Crippen LogP contribution is -2.45. The van der Waals surface area contributed by atoms with Crippen molar-refractivity contribution in [1.82, 2.24) is 9.80 Å². The monoisotopic (exact) mass is 406 g/mol. The Labute approximate surface area is 169 Å². The third-order valence-corrected chi connectivity index (χ3v) is 4.96. The van der Waals surface area contributed by atoms with Gasteiger partial charge in [0, 0.05) is 25.1 Å². The molecule has 0 saturated heterocycles. The number of carbonyl (C=O) groups excluding carboxylic acids is 2. The first-order valence-corrected chi connectivity index (χ1v) is 10.1. The minimum Gasteiger partial charge on any atom is -0.375 e. The minimum absolute atomic E-state index is 0.00700. The lowest BCUT2D eigenvalue weighted by atomic mass is 10.2. The average molecular weight is 407 g/mol. The lowest BCUT2D eigenvalue weighted by molar-refractivity contribution is -0.143. The number of methoxy groups -OCH3 is 1. The van der Waals surface area contributed by atoms with Gasteiger partial charge in [0.1, 0.15) is 12.4 Å². The van der Waals surface area contributed by atoms with E-state index in [0.29, 0.717) is 19.6 Å². The molecule has 1 aromatic carbocycles. The molecule has 2 aromatic rings. The van der Waals surface area contributed by atoms with Crippen LogP contribution in [0, 0.1) is 11.7 Å². The molecule has 7 heteroatoms. The molecule has 152 valence electrons. The van der Waals surface area contributed by atoms with E-state index in [1.165, 1.54) is 19.2 Å². The number of halogens is 1. The lowest BCUT2D eigenvalue weighted by Gasteiger charge is -2.28. The van der Waals surface area contributed by atoms with Crippen LogP contribution < -0.4 is 0 Å². The number of hydrogen-bond acceptors (Lipinski definition) is 4. The molecule has 0 bridgehead atoms. The highest BCUT2D eigenvalue weighted by molar-refractivity contribution is 7.09. The number of nitrogens with zero attached hydrogens (tertiary/aromatic N) is 2. The molecule has 0 radical (unpaired) electrons. The number of hydrogen-bond donors (Lipinski definition) is 0. The van der Waals surface area contributed by atoms with E-state index in [9.17, 15) is 14.0 Å². The summed E-state index contributed by atoms with van der Waals surface area (Å²) in [6.45, 7) is 5.22. The topological polar surface area (TPSA) is 49.9 Å². The normalized spacial score (nSPS) is 10.9. The Morgan fingerprint density at radius 3 is 2.36 bits per heavy atom. The van der Waals surface area contributed by atoms with Gasteiger partial charge in [0.05, 0.1) is 13.1 Å². The van der Waals surface area contributed by atoms with Crippen molar-refractivity contribution in [2.24, 2.45) is 5.92 Å². The maximum absolute atomic E-state index is 13.2. The van der Waals surface area contributed by atoms with Crippen LogP contribution in [0.25, 0.3) is 0 Å². The zero-order chi connectivity index (χ0) is 20.5. The fourth-order valence-electron chi connectivity index (χ4n) is 2.81. The Hall–Kier alpha value is -2.25. The molecule has 1 heterocycles. The van der Waals surface area contributed by atoms with E-state index < -0.39 is 0 Å². The summed E-state index contributed by atoms with van der Waals surface area (Å²) in [7, 11) is 1.46. The Bertz CT molecular complexity index is 748. The van der Waals surface area contributed by atoms with Gasteiger partial charge in [-0.15, -0.1) is 11.3 Å². The zero-order valence-electron chi connectivity index (χ0n) is 16.6. The third kappa shape index (κ3) is 7.05. The van der Waals surface area contributed by atoms with Crippen molar-refractivity contribution in [2.45, 2.75) is 26.9 Å². The number of thiophene rings is 1. The van der Waals surface area contributed by atoms with Crippen LogP contribution in [-0.4, -0.2) is 48.4 Å². The standard InChI is InChI=1S/C21H27FN2O3S/c1-16(2)11-23(21(26)15-27-3)14-20(25)24(13-19-5-4-10-28-19)12-17-6-8-18(22)9-7-17/h4-10,16H,11-15H2,1-3H3. The molecule has 1 aromatic heterocycles. The van der Waals surface area contributed by atoms with E-state index in [4.69, 9.17) is 4.74 Å². The first-order valence-electron chi connectivity index (χ1n) is 9.20. The van der Waals surface area contributed by atoms with Crippen LogP contribution in [-0.2, 0) is 27.4 Å². The molecule has 0 atom stereocenters. The van der Waals surface area contributed by atoms with Gasteiger partial charge in [-0.25, -0.2) is 4.39 Å². The number of carbonyl (C=O) groups is 2. The van der Waals surface area contributed by atoms with Crippen LogP contribution in [0.1, 0.15) is 24.3 Å². The van der Waals surface area contributed by atoms with Gasteiger partial charge in [-0.3, -0.25) is 9.59 Å². The second-order valence-electron chi connectivity index (χ2n) is 7.06. The van der Waals surface area contributed by atoms with Crippen molar-refractivity contribution in [2.75, 3.05) is 26.8 Å². The van der Waals surface area contributed by atoms with Crippen molar-refractivity contribution in [3.05, 3.63) is 58.0 Å². The maximum Gasteiger partial charge on any atom is 0.249 e. The van der Waals surface area contributed by atoms with Crippen LogP contribution in [0.3, 0.4) is 0 Å². The summed E-state index contributed by atoms with van der Waals surface area (Å²) in [6, 6.07) is 10.0. The molecule has 0 aliphatic heterocycles. The summed E-state index contributed by atoms with van der Waals surface area (Å²) in [5.74, 6) is -0.435. The van der Waals surface area contributed by atoms with E-state index in [1.807, 2.05) is 31.4 Å². The Morgan fingerprint density at radius 2 is 1.79 bits per heavy atom. The first-order chi connectivity index (χ1) is 13.4. The number of ether oxygens (including phenoxy) is 1. The predicted octanol–water partition coefficient (Wildman–Crippen LogP) is 3.55. The predicted molar refractivity (Wildman–Crippen MR) is 108 cm³/mol. The Morgan fingerprint density at radius 1 is 1.07 bits per heavy atom. The van der Waals surface area contributed by atoms with Crippen LogP contribution in [0.5, 0.6) is 0 Å². The molecule has 0 fully saturated rings. The van der Waals surface area contributed by atoms with Gasteiger partial charge in [0.25, 0.3) is 0 Å². The second-order valence-corrected chi connectivity index (χ2v) is 8.09. The van der Waals surface area contributed by atoms with Crippen molar-refractivity contribution < 1.29 is 18.7 Å². The number of amides is 2. The molecule has 5 nitrogen and oxygen atoms in total. The molecule has 0 unspecified atom stereocenters. The smallest absolute Gasteiger partial charge is 0.249 e. The third-order valence-electron chi connectivity index (χ3n) is 4.10. The van der Waals surface area contributed by atoms with Crippen LogP contribution in [0.15, 0.2) is 41.8 Å². The van der Waals surface area contributed by atoms with Gasteiger partial charge in [-0.05, 0) is 35.1 Å². The summed E-state index contributed by atoms with van der Waals surface area (Å²) in [5, 5.41) is 1.96. The molecule has 2 rings (SSSR count). The SMILES string of the molecule is COCC(=O)N(CC(=O)N(Cc1ccc(F)cc1)Cc1cccs1)CC(C)C. The second kappa shape index (κ2) is 10.9.